The molecule has 0 saturated heterocycles. The molecule has 1 amide bonds. The summed E-state index contributed by atoms with van der Waals surface area (Å²) in [5.41, 5.74) is 4.34. The molecule has 3 aromatic carbocycles. The molecule has 0 radical (unpaired) electrons. The topological polar surface area (TPSA) is 61.7 Å². The van der Waals surface area contributed by atoms with Gasteiger partial charge in [-0.25, -0.2) is 5.43 Å². The van der Waals surface area contributed by atoms with E-state index in [1.54, 1.807) is 17.8 Å². The number of rotatable bonds is 6. The van der Waals surface area contributed by atoms with Crippen LogP contribution in [0.25, 0.3) is 10.8 Å². The average Bonchev–Trinajstić information content (AvgIpc) is 2.65. The lowest BCUT2D eigenvalue weighted by molar-refractivity contribution is -0.120. The van der Waals surface area contributed by atoms with E-state index in [4.69, 9.17) is 0 Å². The molecule has 3 aromatic rings. The van der Waals surface area contributed by atoms with E-state index < -0.39 is 0 Å². The zero-order valence-corrected chi connectivity index (χ0v) is 15.3. The Hall–Kier alpha value is -2.79. The highest BCUT2D eigenvalue weighted by Gasteiger charge is 2.05. The van der Waals surface area contributed by atoms with Crippen molar-refractivity contribution >= 4 is 34.7 Å². The summed E-state index contributed by atoms with van der Waals surface area (Å²) in [4.78, 5) is 13.1. The van der Waals surface area contributed by atoms with Gasteiger partial charge in [-0.05, 0) is 35.9 Å². The van der Waals surface area contributed by atoms with Gasteiger partial charge in [-0.15, -0.1) is 11.8 Å². The second kappa shape index (κ2) is 8.54. The van der Waals surface area contributed by atoms with Gasteiger partial charge in [0.1, 0.15) is 5.75 Å². The quantitative estimate of drug-likeness (QED) is 0.385. The van der Waals surface area contributed by atoms with E-state index in [1.165, 1.54) is 11.8 Å². The number of amides is 1. The molecule has 2 N–H and O–H groups in total. The van der Waals surface area contributed by atoms with Crippen molar-refractivity contribution in [1.29, 1.82) is 0 Å². The van der Waals surface area contributed by atoms with Crippen LogP contribution in [0.5, 0.6) is 5.75 Å². The molecule has 0 aliphatic rings. The first-order valence-electron chi connectivity index (χ1n) is 8.35. The van der Waals surface area contributed by atoms with Crippen molar-refractivity contribution in [3.05, 3.63) is 71.8 Å². The van der Waals surface area contributed by atoms with Crippen LogP contribution in [0.1, 0.15) is 17.5 Å². The van der Waals surface area contributed by atoms with Gasteiger partial charge in [0.05, 0.1) is 6.21 Å². The lowest BCUT2D eigenvalue weighted by Gasteiger charge is -2.05. The molecule has 26 heavy (non-hydrogen) atoms. The van der Waals surface area contributed by atoms with E-state index in [0.29, 0.717) is 17.7 Å². The van der Waals surface area contributed by atoms with Crippen LogP contribution in [0.4, 0.5) is 0 Å². The number of carbonyl (C=O) groups is 1. The maximum absolute atomic E-state index is 11.9. The van der Waals surface area contributed by atoms with Crippen LogP contribution < -0.4 is 5.43 Å². The number of phenols is 1. The molecule has 0 heterocycles. The van der Waals surface area contributed by atoms with Crippen LogP contribution in [-0.2, 0) is 4.79 Å². The minimum atomic E-state index is -0.152. The Morgan fingerprint density at radius 3 is 2.69 bits per heavy atom. The highest BCUT2D eigenvalue weighted by molar-refractivity contribution is 7.99. The highest BCUT2D eigenvalue weighted by atomic mass is 32.2. The molecule has 3 rings (SSSR count). The lowest BCUT2D eigenvalue weighted by atomic mass is 10.0. The fourth-order valence-corrected chi connectivity index (χ4v) is 3.39. The fraction of sp³-hybridized carbons (Fsp3) is 0.143. The second-order valence-corrected chi connectivity index (χ2v) is 7.09. The number of benzene rings is 3. The van der Waals surface area contributed by atoms with Crippen molar-refractivity contribution in [1.82, 2.24) is 5.43 Å². The Kier molecular flexibility index (Phi) is 5.92. The molecule has 0 aliphatic heterocycles. The minimum absolute atomic E-state index is 0.136. The number of hydrazone groups is 1. The molecule has 5 heteroatoms. The molecule has 0 bridgehead atoms. The van der Waals surface area contributed by atoms with E-state index in [-0.39, 0.29) is 11.7 Å². The van der Waals surface area contributed by atoms with Crippen molar-refractivity contribution in [2.45, 2.75) is 18.2 Å². The molecule has 0 fully saturated rings. The summed E-state index contributed by atoms with van der Waals surface area (Å²) in [7, 11) is 0. The van der Waals surface area contributed by atoms with Crippen LogP contribution in [0.15, 0.2) is 70.7 Å². The summed E-state index contributed by atoms with van der Waals surface area (Å²) < 4.78 is 0. The molecular formula is C21H20N2O2S. The SMILES string of the molecule is Cc1ccc(SCCC(=O)N/N=C\c2c(O)ccc3ccccc23)cc1. The number of fused-ring (bicyclic) bond motifs is 1. The van der Waals surface area contributed by atoms with Gasteiger partial charge in [-0.2, -0.15) is 5.10 Å². The van der Waals surface area contributed by atoms with Crippen LogP contribution in [0.2, 0.25) is 0 Å². The van der Waals surface area contributed by atoms with Gasteiger partial charge in [0.25, 0.3) is 0 Å². The van der Waals surface area contributed by atoms with Crippen LogP contribution in [-0.4, -0.2) is 23.0 Å². The number of hydrogen-bond acceptors (Lipinski definition) is 4. The number of thioether (sulfide) groups is 1. The minimum Gasteiger partial charge on any atom is -0.507 e. The standard InChI is InChI=1S/C21H20N2O2S/c1-15-6-9-17(10-7-15)26-13-12-21(25)23-22-14-19-18-5-3-2-4-16(18)8-11-20(19)24/h2-11,14,24H,12-13H2,1H3,(H,23,25)/b22-14-. The van der Waals surface area contributed by atoms with E-state index in [9.17, 15) is 9.90 Å². The van der Waals surface area contributed by atoms with Gasteiger partial charge in [-0.1, -0.05) is 48.0 Å². The molecule has 0 aromatic heterocycles. The van der Waals surface area contributed by atoms with Gasteiger partial charge in [0, 0.05) is 22.6 Å². The predicted molar refractivity (Wildman–Crippen MR) is 108 cm³/mol. The third-order valence-corrected chi connectivity index (χ3v) is 4.96. The van der Waals surface area contributed by atoms with Crippen LogP contribution in [0, 0.1) is 6.92 Å². The lowest BCUT2D eigenvalue weighted by Crippen LogP contribution is -2.17. The Labute approximate surface area is 156 Å². The van der Waals surface area contributed by atoms with E-state index in [2.05, 4.69) is 34.8 Å². The Bertz CT molecular complexity index is 936. The Morgan fingerprint density at radius 2 is 1.88 bits per heavy atom. The van der Waals surface area contributed by atoms with Gasteiger partial charge >= 0.3 is 0 Å². The van der Waals surface area contributed by atoms with Crippen LogP contribution >= 0.6 is 11.8 Å². The van der Waals surface area contributed by atoms with Crippen molar-refractivity contribution in [3.63, 3.8) is 0 Å². The average molecular weight is 364 g/mol. The normalized spacial score (nSPS) is 11.1. The summed E-state index contributed by atoms with van der Waals surface area (Å²) >= 11 is 1.64. The summed E-state index contributed by atoms with van der Waals surface area (Å²) in [6.45, 7) is 2.05. The third kappa shape index (κ3) is 4.64. The van der Waals surface area contributed by atoms with Gasteiger partial charge < -0.3 is 5.11 Å². The molecule has 0 atom stereocenters. The summed E-state index contributed by atoms with van der Waals surface area (Å²) in [6, 6.07) is 19.4. The maximum atomic E-state index is 11.9. The zero-order valence-electron chi connectivity index (χ0n) is 14.5. The smallest absolute Gasteiger partial charge is 0.240 e. The van der Waals surface area contributed by atoms with Crippen molar-refractivity contribution in [3.8, 4) is 5.75 Å². The largest absolute Gasteiger partial charge is 0.507 e. The molecule has 132 valence electrons. The Morgan fingerprint density at radius 1 is 1.12 bits per heavy atom. The van der Waals surface area contributed by atoms with Crippen molar-refractivity contribution < 1.29 is 9.90 Å². The molecule has 4 nitrogen and oxygen atoms in total. The molecule has 0 saturated carbocycles. The number of aryl methyl sites for hydroxylation is 1. The van der Waals surface area contributed by atoms with Gasteiger partial charge in [-0.3, -0.25) is 4.79 Å². The Balaban J connectivity index is 1.54. The molecule has 0 spiro atoms. The summed E-state index contributed by atoms with van der Waals surface area (Å²) in [6.07, 6.45) is 1.86. The van der Waals surface area contributed by atoms with Crippen molar-refractivity contribution in [2.24, 2.45) is 5.10 Å². The number of hydrogen-bond donors (Lipinski definition) is 2. The van der Waals surface area contributed by atoms with Gasteiger partial charge in [0.15, 0.2) is 0 Å². The summed E-state index contributed by atoms with van der Waals surface area (Å²) in [5, 5.41) is 15.9. The summed E-state index contributed by atoms with van der Waals surface area (Å²) in [5.74, 6) is 0.668. The molecular weight excluding hydrogens is 344 g/mol. The van der Waals surface area contributed by atoms with E-state index >= 15 is 0 Å². The number of nitrogens with one attached hydrogen (secondary N) is 1. The third-order valence-electron chi connectivity index (χ3n) is 3.95. The predicted octanol–water partition coefficient (Wildman–Crippen LogP) is 4.49. The number of aromatic hydroxyl groups is 1. The number of nitrogens with zero attached hydrogens (tertiary/aromatic N) is 1. The highest BCUT2D eigenvalue weighted by Crippen LogP contribution is 2.25. The monoisotopic (exact) mass is 364 g/mol. The zero-order chi connectivity index (χ0) is 18.4. The van der Waals surface area contributed by atoms with E-state index in [1.807, 2.05) is 37.3 Å². The molecule has 0 unspecified atom stereocenters. The second-order valence-electron chi connectivity index (χ2n) is 5.92. The first kappa shape index (κ1) is 18.0. The van der Waals surface area contributed by atoms with Crippen molar-refractivity contribution in [2.75, 3.05) is 5.75 Å². The fourth-order valence-electron chi connectivity index (χ4n) is 2.54. The number of carbonyl (C=O) groups excluding carboxylic acids is 1. The van der Waals surface area contributed by atoms with Crippen LogP contribution in [0.3, 0.4) is 0 Å². The number of phenolic OH excluding ortho intramolecular Hbond substituents is 1. The first-order valence-corrected chi connectivity index (χ1v) is 9.34. The molecule has 0 aliphatic carbocycles. The van der Waals surface area contributed by atoms with Gasteiger partial charge in [0.2, 0.25) is 5.91 Å². The van der Waals surface area contributed by atoms with E-state index in [0.717, 1.165) is 15.7 Å². The first-order chi connectivity index (χ1) is 12.6. The maximum Gasteiger partial charge on any atom is 0.240 e.